The summed E-state index contributed by atoms with van der Waals surface area (Å²) in [6.45, 7) is 2.08. The molecule has 0 saturated heterocycles. The Balaban J connectivity index is 1.81. The number of nitrogens with one attached hydrogen (secondary N) is 1. The highest BCUT2D eigenvalue weighted by molar-refractivity contribution is 7.99. The summed E-state index contributed by atoms with van der Waals surface area (Å²) >= 11 is 2.38. The second-order valence-electron chi connectivity index (χ2n) is 4.82. The van der Waals surface area contributed by atoms with Crippen LogP contribution in [-0.2, 0) is 17.4 Å². The van der Waals surface area contributed by atoms with Crippen molar-refractivity contribution < 1.29 is 18.0 Å². The topological polar surface area (TPSA) is 67.8 Å². The number of halogens is 3. The molecule has 0 saturated carbocycles. The molecule has 2 heterocycles. The summed E-state index contributed by atoms with van der Waals surface area (Å²) in [5.74, 6) is -0.276. The Hall–Kier alpha value is -1.68. The SMILES string of the molecule is CCCCc1nnc(NC(=O)CSc2ccc(C(F)(F)F)cn2)s1. The third-order valence-electron chi connectivity index (χ3n) is 2.87. The van der Waals surface area contributed by atoms with E-state index in [4.69, 9.17) is 0 Å². The monoisotopic (exact) mass is 376 g/mol. The van der Waals surface area contributed by atoms with E-state index in [-0.39, 0.29) is 11.7 Å². The Morgan fingerprint density at radius 2 is 2.12 bits per heavy atom. The van der Waals surface area contributed by atoms with Crippen molar-refractivity contribution in [2.45, 2.75) is 37.4 Å². The lowest BCUT2D eigenvalue weighted by Crippen LogP contribution is -2.14. The van der Waals surface area contributed by atoms with Crippen LogP contribution in [0.25, 0.3) is 0 Å². The fraction of sp³-hybridized carbons (Fsp3) is 0.429. The van der Waals surface area contributed by atoms with E-state index in [2.05, 4.69) is 27.4 Å². The first-order valence-corrected chi connectivity index (χ1v) is 8.97. The number of rotatable bonds is 7. The van der Waals surface area contributed by atoms with E-state index >= 15 is 0 Å². The number of alkyl halides is 3. The highest BCUT2D eigenvalue weighted by atomic mass is 32.2. The molecule has 2 aromatic heterocycles. The number of anilines is 1. The predicted molar refractivity (Wildman–Crippen MR) is 87.1 cm³/mol. The molecule has 1 N–H and O–H groups in total. The number of nitrogens with zero attached hydrogens (tertiary/aromatic N) is 3. The normalized spacial score (nSPS) is 11.5. The van der Waals surface area contributed by atoms with Crippen molar-refractivity contribution in [2.24, 2.45) is 0 Å². The van der Waals surface area contributed by atoms with Crippen LogP contribution in [-0.4, -0.2) is 26.8 Å². The summed E-state index contributed by atoms with van der Waals surface area (Å²) in [5.41, 5.74) is -0.815. The van der Waals surface area contributed by atoms with E-state index in [1.807, 2.05) is 0 Å². The van der Waals surface area contributed by atoms with Gasteiger partial charge in [-0.2, -0.15) is 13.2 Å². The number of hydrogen-bond acceptors (Lipinski definition) is 6. The van der Waals surface area contributed by atoms with Gasteiger partial charge >= 0.3 is 6.18 Å². The molecule has 0 aliphatic heterocycles. The number of aromatic nitrogens is 3. The second kappa shape index (κ2) is 8.43. The number of pyridine rings is 1. The molecule has 0 spiro atoms. The van der Waals surface area contributed by atoms with Gasteiger partial charge in [0.25, 0.3) is 0 Å². The van der Waals surface area contributed by atoms with Gasteiger partial charge in [0.05, 0.1) is 16.3 Å². The summed E-state index contributed by atoms with van der Waals surface area (Å²) in [7, 11) is 0. The Morgan fingerprint density at radius 1 is 1.33 bits per heavy atom. The standard InChI is InChI=1S/C14H15F3N4OS2/c1-2-3-4-12-20-21-13(24-12)19-10(22)8-23-11-6-5-9(7-18-11)14(15,16)17/h5-7H,2-4,8H2,1H3,(H,19,21,22). The lowest BCUT2D eigenvalue weighted by atomic mass is 10.3. The van der Waals surface area contributed by atoms with Crippen molar-refractivity contribution in [3.05, 3.63) is 28.9 Å². The zero-order chi connectivity index (χ0) is 17.6. The number of hydrogen-bond donors (Lipinski definition) is 1. The highest BCUT2D eigenvalue weighted by Crippen LogP contribution is 2.29. The molecule has 0 fully saturated rings. The smallest absolute Gasteiger partial charge is 0.300 e. The molecule has 0 aliphatic carbocycles. The van der Waals surface area contributed by atoms with Crippen LogP contribution in [0.15, 0.2) is 23.4 Å². The van der Waals surface area contributed by atoms with Crippen LogP contribution in [0, 0.1) is 0 Å². The molecule has 10 heteroatoms. The Labute approximate surface area is 145 Å². The Kier molecular flexibility index (Phi) is 6.55. The number of amides is 1. The van der Waals surface area contributed by atoms with Gasteiger partial charge in [-0.15, -0.1) is 10.2 Å². The van der Waals surface area contributed by atoms with Crippen LogP contribution in [0.4, 0.5) is 18.3 Å². The maximum Gasteiger partial charge on any atom is 0.417 e. The zero-order valence-electron chi connectivity index (χ0n) is 12.8. The molecule has 0 bridgehead atoms. The lowest BCUT2D eigenvalue weighted by molar-refractivity contribution is -0.137. The minimum absolute atomic E-state index is 0.0300. The number of carbonyl (C=O) groups excluding carboxylic acids is 1. The van der Waals surface area contributed by atoms with Gasteiger partial charge in [-0.3, -0.25) is 10.1 Å². The summed E-state index contributed by atoms with van der Waals surface area (Å²) in [6.07, 6.45) is -0.768. The average Bonchev–Trinajstić information content (AvgIpc) is 2.98. The van der Waals surface area contributed by atoms with E-state index in [1.54, 1.807) is 0 Å². The first-order chi connectivity index (χ1) is 11.4. The molecule has 0 aliphatic rings. The van der Waals surface area contributed by atoms with Crippen LogP contribution >= 0.6 is 23.1 Å². The number of aryl methyl sites for hydroxylation is 1. The van der Waals surface area contributed by atoms with Crippen LogP contribution in [0.3, 0.4) is 0 Å². The summed E-state index contributed by atoms with van der Waals surface area (Å²) < 4.78 is 37.3. The molecule has 24 heavy (non-hydrogen) atoms. The molecule has 0 radical (unpaired) electrons. The predicted octanol–water partition coefficient (Wildman–Crippen LogP) is 4.03. The molecule has 2 aromatic rings. The molecule has 130 valence electrons. The van der Waals surface area contributed by atoms with Crippen molar-refractivity contribution >= 4 is 34.1 Å². The molecule has 5 nitrogen and oxygen atoms in total. The minimum Gasteiger partial charge on any atom is -0.300 e. The summed E-state index contributed by atoms with van der Waals surface area (Å²) in [5, 5.41) is 12.1. The van der Waals surface area contributed by atoms with Gasteiger partial charge in [0.15, 0.2) is 0 Å². The molecule has 1 amide bonds. The van der Waals surface area contributed by atoms with E-state index in [0.717, 1.165) is 48.3 Å². The van der Waals surface area contributed by atoms with Gasteiger partial charge in [0.1, 0.15) is 5.01 Å². The molecule has 0 aromatic carbocycles. The molecular formula is C14H15F3N4OS2. The van der Waals surface area contributed by atoms with Gasteiger partial charge in [0, 0.05) is 12.6 Å². The largest absolute Gasteiger partial charge is 0.417 e. The van der Waals surface area contributed by atoms with Gasteiger partial charge in [0.2, 0.25) is 11.0 Å². The van der Waals surface area contributed by atoms with E-state index in [1.165, 1.54) is 17.4 Å². The molecule has 0 atom stereocenters. The van der Waals surface area contributed by atoms with Gasteiger partial charge in [-0.05, 0) is 18.6 Å². The van der Waals surface area contributed by atoms with Gasteiger partial charge in [-0.25, -0.2) is 4.98 Å². The van der Waals surface area contributed by atoms with Crippen LogP contribution in [0.5, 0.6) is 0 Å². The average molecular weight is 376 g/mol. The van der Waals surface area contributed by atoms with Crippen molar-refractivity contribution in [2.75, 3.05) is 11.1 Å². The Morgan fingerprint density at radius 3 is 2.75 bits per heavy atom. The van der Waals surface area contributed by atoms with E-state index in [9.17, 15) is 18.0 Å². The van der Waals surface area contributed by atoms with Gasteiger partial charge < -0.3 is 0 Å². The molecule has 2 rings (SSSR count). The molecule has 0 unspecified atom stereocenters. The van der Waals surface area contributed by atoms with Crippen molar-refractivity contribution in [1.82, 2.24) is 15.2 Å². The zero-order valence-corrected chi connectivity index (χ0v) is 14.4. The third kappa shape index (κ3) is 5.75. The number of carbonyl (C=O) groups is 1. The third-order valence-corrected chi connectivity index (χ3v) is 4.71. The van der Waals surface area contributed by atoms with Crippen molar-refractivity contribution in [3.63, 3.8) is 0 Å². The summed E-state index contributed by atoms with van der Waals surface area (Å²) in [4.78, 5) is 15.5. The van der Waals surface area contributed by atoms with Crippen LogP contribution in [0.1, 0.15) is 30.3 Å². The van der Waals surface area contributed by atoms with E-state index in [0.29, 0.717) is 10.2 Å². The first kappa shape index (κ1) is 18.7. The fourth-order valence-electron chi connectivity index (χ4n) is 1.66. The van der Waals surface area contributed by atoms with Crippen LogP contribution in [0.2, 0.25) is 0 Å². The van der Waals surface area contributed by atoms with Gasteiger partial charge in [-0.1, -0.05) is 36.4 Å². The minimum atomic E-state index is -4.42. The second-order valence-corrected chi connectivity index (χ2v) is 6.88. The first-order valence-electron chi connectivity index (χ1n) is 7.16. The van der Waals surface area contributed by atoms with Crippen LogP contribution < -0.4 is 5.32 Å². The quantitative estimate of drug-likeness (QED) is 0.739. The maximum atomic E-state index is 12.4. The molecular weight excluding hydrogens is 361 g/mol. The summed E-state index contributed by atoms with van der Waals surface area (Å²) in [6, 6.07) is 2.19. The maximum absolute atomic E-state index is 12.4. The number of unbranched alkanes of at least 4 members (excludes halogenated alkanes) is 1. The fourth-order valence-corrected chi connectivity index (χ4v) is 3.10. The highest BCUT2D eigenvalue weighted by Gasteiger charge is 2.30. The number of thioether (sulfide) groups is 1. The van der Waals surface area contributed by atoms with Crippen molar-refractivity contribution in [1.29, 1.82) is 0 Å². The lowest BCUT2D eigenvalue weighted by Gasteiger charge is -2.06. The Bertz CT molecular complexity index is 673. The van der Waals surface area contributed by atoms with Crippen molar-refractivity contribution in [3.8, 4) is 0 Å². The van der Waals surface area contributed by atoms with E-state index < -0.39 is 11.7 Å².